The number of unbranched alkanes of at least 4 members (excludes halogenated alkanes) is 8. The van der Waals surface area contributed by atoms with Gasteiger partial charge in [0.15, 0.2) is 0 Å². The van der Waals surface area contributed by atoms with Crippen LogP contribution in [0.2, 0.25) is 0 Å². The minimum Gasteiger partial charge on any atom is -0.476 e. The molecule has 0 aromatic carbocycles. The van der Waals surface area contributed by atoms with Gasteiger partial charge in [-0.2, -0.15) is 0 Å². The van der Waals surface area contributed by atoms with Gasteiger partial charge in [-0.15, -0.1) is 0 Å². The molecule has 0 aliphatic carbocycles. The predicted molar refractivity (Wildman–Crippen MR) is 88.5 cm³/mol. The molecule has 0 saturated carbocycles. The van der Waals surface area contributed by atoms with E-state index in [0.717, 1.165) is 6.42 Å². The van der Waals surface area contributed by atoms with E-state index in [1.807, 2.05) is 6.26 Å². The van der Waals surface area contributed by atoms with Crippen molar-refractivity contribution < 1.29 is 4.74 Å². The van der Waals surface area contributed by atoms with Crippen LogP contribution in [0.5, 0.6) is 0 Å². The van der Waals surface area contributed by atoms with Gasteiger partial charge >= 0.3 is 0 Å². The first kappa shape index (κ1) is 18.2. The van der Waals surface area contributed by atoms with E-state index in [4.69, 9.17) is 17.0 Å². The fourth-order valence-corrected chi connectivity index (χ4v) is 2.44. The normalized spacial score (nSPS) is 12.4. The Bertz CT molecular complexity index is 195. The summed E-state index contributed by atoms with van der Waals surface area (Å²) in [5, 5.41) is 0. The summed E-state index contributed by atoms with van der Waals surface area (Å²) in [5.41, 5.74) is 0. The second-order valence-corrected chi connectivity index (χ2v) is 6.41. The highest BCUT2D eigenvalue weighted by Gasteiger charge is 2.04. The zero-order valence-electron chi connectivity index (χ0n) is 12.4. The molecule has 0 bridgehead atoms. The van der Waals surface area contributed by atoms with E-state index in [2.05, 4.69) is 13.8 Å². The second kappa shape index (κ2) is 13.7. The molecule has 0 aromatic rings. The maximum atomic E-state index is 5.57. The van der Waals surface area contributed by atoms with Crippen molar-refractivity contribution in [1.29, 1.82) is 0 Å². The molecular weight excluding hydrogens is 260 g/mol. The molecule has 0 amide bonds. The van der Waals surface area contributed by atoms with E-state index >= 15 is 0 Å². The van der Waals surface area contributed by atoms with Crippen LogP contribution in [-0.4, -0.2) is 16.7 Å². The molecular formula is C15H30OS2. The summed E-state index contributed by atoms with van der Waals surface area (Å²) in [5.74, 6) is 0. The van der Waals surface area contributed by atoms with E-state index in [0.29, 0.717) is 4.38 Å². The van der Waals surface area contributed by atoms with Crippen LogP contribution in [0.4, 0.5) is 0 Å². The van der Waals surface area contributed by atoms with Crippen LogP contribution in [-0.2, 0) is 4.74 Å². The number of rotatable bonds is 11. The van der Waals surface area contributed by atoms with Crippen LogP contribution in [0, 0.1) is 0 Å². The second-order valence-electron chi connectivity index (χ2n) is 5.00. The smallest absolute Gasteiger partial charge is 0.219 e. The van der Waals surface area contributed by atoms with Crippen molar-refractivity contribution in [2.75, 3.05) is 6.26 Å². The fraction of sp³-hybridized carbons (Fsp3) is 0.933. The maximum absolute atomic E-state index is 5.57. The molecule has 108 valence electrons. The third-order valence-electron chi connectivity index (χ3n) is 3.18. The minimum atomic E-state index is 0.287. The van der Waals surface area contributed by atoms with Crippen LogP contribution in [0.3, 0.4) is 0 Å². The highest BCUT2D eigenvalue weighted by Crippen LogP contribution is 2.13. The first-order valence-electron chi connectivity index (χ1n) is 7.45. The highest BCUT2D eigenvalue weighted by atomic mass is 32.2. The summed E-state index contributed by atoms with van der Waals surface area (Å²) in [6.45, 7) is 4.39. The third kappa shape index (κ3) is 12.7. The van der Waals surface area contributed by atoms with Crippen molar-refractivity contribution >= 4 is 28.4 Å². The number of thiocarbonyl (C=S) groups is 1. The number of ether oxygens (including phenoxy) is 1. The van der Waals surface area contributed by atoms with Gasteiger partial charge in [0.05, 0.1) is 6.10 Å². The molecule has 0 aliphatic heterocycles. The molecule has 0 rings (SSSR count). The monoisotopic (exact) mass is 290 g/mol. The Balaban J connectivity index is 3.17. The average Bonchev–Trinajstić information content (AvgIpc) is 2.36. The molecule has 0 fully saturated rings. The molecule has 18 heavy (non-hydrogen) atoms. The molecule has 0 aliphatic rings. The topological polar surface area (TPSA) is 9.23 Å². The van der Waals surface area contributed by atoms with Crippen LogP contribution < -0.4 is 0 Å². The standard InChI is InChI=1S/C15H30OS2/c1-4-5-6-7-8-9-10-11-12-13-14(2)16-15(17)18-3/h14H,4-13H2,1-3H3. The molecule has 0 heterocycles. The van der Waals surface area contributed by atoms with Gasteiger partial charge in [0.2, 0.25) is 4.38 Å². The first-order valence-corrected chi connectivity index (χ1v) is 9.08. The molecule has 0 saturated heterocycles. The van der Waals surface area contributed by atoms with Crippen LogP contribution in [0.1, 0.15) is 78.1 Å². The summed E-state index contributed by atoms with van der Waals surface area (Å²) < 4.78 is 6.25. The first-order chi connectivity index (χ1) is 8.70. The molecule has 0 spiro atoms. The third-order valence-corrected chi connectivity index (χ3v) is 4.20. The molecule has 3 heteroatoms. The zero-order chi connectivity index (χ0) is 13.6. The largest absolute Gasteiger partial charge is 0.476 e. The number of thioether (sulfide) groups is 1. The number of hydrogen-bond donors (Lipinski definition) is 0. The van der Waals surface area contributed by atoms with Crippen LogP contribution in [0.25, 0.3) is 0 Å². The van der Waals surface area contributed by atoms with E-state index in [1.54, 1.807) is 0 Å². The lowest BCUT2D eigenvalue weighted by Gasteiger charge is -2.13. The Labute approximate surface area is 123 Å². The predicted octanol–water partition coefficient (Wildman–Crippen LogP) is 5.96. The Morgan fingerprint density at radius 2 is 1.50 bits per heavy atom. The van der Waals surface area contributed by atoms with Gasteiger partial charge in [-0.25, -0.2) is 0 Å². The zero-order valence-corrected chi connectivity index (χ0v) is 14.0. The Morgan fingerprint density at radius 3 is 2.00 bits per heavy atom. The van der Waals surface area contributed by atoms with Crippen molar-refractivity contribution in [3.63, 3.8) is 0 Å². The van der Waals surface area contributed by atoms with Gasteiger partial charge < -0.3 is 4.74 Å². The van der Waals surface area contributed by atoms with Crippen LogP contribution in [0.15, 0.2) is 0 Å². The summed E-state index contributed by atoms with van der Waals surface area (Å²) in [6, 6.07) is 0. The van der Waals surface area contributed by atoms with Crippen molar-refractivity contribution in [2.45, 2.75) is 84.2 Å². The molecule has 1 atom stereocenters. The van der Waals surface area contributed by atoms with Gasteiger partial charge in [-0.1, -0.05) is 70.1 Å². The van der Waals surface area contributed by atoms with Gasteiger partial charge in [-0.3, -0.25) is 0 Å². The summed E-state index contributed by atoms with van der Waals surface area (Å²) in [7, 11) is 0. The molecule has 0 aromatic heterocycles. The van der Waals surface area contributed by atoms with Crippen molar-refractivity contribution in [2.24, 2.45) is 0 Å². The van der Waals surface area contributed by atoms with Gasteiger partial charge in [0.25, 0.3) is 0 Å². The maximum Gasteiger partial charge on any atom is 0.219 e. The van der Waals surface area contributed by atoms with Crippen molar-refractivity contribution in [3.8, 4) is 0 Å². The summed E-state index contributed by atoms with van der Waals surface area (Å²) in [4.78, 5) is 0. The minimum absolute atomic E-state index is 0.287. The lowest BCUT2D eigenvalue weighted by atomic mass is 10.1. The Kier molecular flexibility index (Phi) is 13.8. The lowest BCUT2D eigenvalue weighted by molar-refractivity contribution is 0.205. The van der Waals surface area contributed by atoms with E-state index < -0.39 is 0 Å². The number of hydrogen-bond acceptors (Lipinski definition) is 3. The van der Waals surface area contributed by atoms with E-state index in [1.165, 1.54) is 69.5 Å². The quantitative estimate of drug-likeness (QED) is 0.343. The van der Waals surface area contributed by atoms with Gasteiger partial charge in [0, 0.05) is 0 Å². The molecule has 0 radical (unpaired) electrons. The molecule has 1 nitrogen and oxygen atoms in total. The highest BCUT2D eigenvalue weighted by molar-refractivity contribution is 8.22. The average molecular weight is 291 g/mol. The van der Waals surface area contributed by atoms with Crippen molar-refractivity contribution in [1.82, 2.24) is 0 Å². The SMILES string of the molecule is CCCCCCCCCCCC(C)OC(=S)SC. The van der Waals surface area contributed by atoms with Crippen LogP contribution >= 0.6 is 24.0 Å². The molecule has 1 unspecified atom stereocenters. The van der Waals surface area contributed by atoms with E-state index in [9.17, 15) is 0 Å². The van der Waals surface area contributed by atoms with Crippen molar-refractivity contribution in [3.05, 3.63) is 0 Å². The Morgan fingerprint density at radius 1 is 1.00 bits per heavy atom. The fourth-order valence-electron chi connectivity index (χ4n) is 2.01. The Hall–Kier alpha value is 0.240. The van der Waals surface area contributed by atoms with Gasteiger partial charge in [0.1, 0.15) is 0 Å². The molecule has 0 N–H and O–H groups in total. The summed E-state index contributed by atoms with van der Waals surface area (Å²) in [6.07, 6.45) is 15.8. The summed E-state index contributed by atoms with van der Waals surface area (Å²) >= 11 is 6.56. The lowest BCUT2D eigenvalue weighted by Crippen LogP contribution is -2.10. The van der Waals surface area contributed by atoms with E-state index in [-0.39, 0.29) is 6.10 Å². The van der Waals surface area contributed by atoms with Gasteiger partial charge in [-0.05, 0) is 38.2 Å².